The maximum Gasteiger partial charge on any atom is 0.338 e. The molecule has 1 N–H and O–H groups in total. The molecular weight excluding hydrogens is 1110 g/mol. The van der Waals surface area contributed by atoms with Crippen LogP contribution >= 0.6 is 0 Å². The van der Waals surface area contributed by atoms with E-state index in [9.17, 15) is 39.9 Å². The van der Waals surface area contributed by atoms with E-state index in [0.717, 1.165) is 6.26 Å². The van der Waals surface area contributed by atoms with Crippen molar-refractivity contribution < 1.29 is 76.7 Å². The van der Waals surface area contributed by atoms with Crippen LogP contribution in [0.4, 0.5) is 0 Å². The van der Waals surface area contributed by atoms with E-state index in [1.807, 2.05) is 6.92 Å². The van der Waals surface area contributed by atoms with Gasteiger partial charge in [-0.3, -0.25) is 4.18 Å². The number of methoxy groups -OCH3 is 2. The number of carbonyl (C=O) groups is 2. The molecular formula is C55H86N2O17S3Si2. The molecule has 24 heteroatoms. The van der Waals surface area contributed by atoms with Crippen molar-refractivity contribution in [2.75, 3.05) is 45.2 Å². The highest BCUT2D eigenvalue weighted by Crippen LogP contribution is 2.44. The van der Waals surface area contributed by atoms with Gasteiger partial charge in [0.15, 0.2) is 38.0 Å². The van der Waals surface area contributed by atoms with E-state index in [-0.39, 0.29) is 56.0 Å². The minimum Gasteiger partial charge on any atom is -0.508 e. The van der Waals surface area contributed by atoms with Crippen molar-refractivity contribution in [2.24, 2.45) is 0 Å². The predicted molar refractivity (Wildman–Crippen MR) is 311 cm³/mol. The Morgan fingerprint density at radius 1 is 0.506 bits per heavy atom. The summed E-state index contributed by atoms with van der Waals surface area (Å²) in [5, 5.41) is 9.55. The molecule has 4 aromatic rings. The molecule has 0 saturated carbocycles. The summed E-state index contributed by atoms with van der Waals surface area (Å²) in [7, 11) is -11.7. The molecule has 4 rings (SSSR count). The SMILES string of the molecule is CC(C)[Si](OC[C@@H](C)OS(C)(=O)=O)(C(C)C)C(C)C.CCS(=O)(=O)c1ccc(Oc2cc(O)cc(C(=O)OC)c2)cn1.CCS(=O)(=O)c1ccc(Oc2cc(O[C@@H](C)CO[Si](C(C)C)(C(C)C)C(C)C)cc(C(=O)OC)c2)cn1. The van der Waals surface area contributed by atoms with Gasteiger partial charge in [0, 0.05) is 12.1 Å². The number of nitrogens with zero attached hydrogens (tertiary/aromatic N) is 2. The van der Waals surface area contributed by atoms with Crippen LogP contribution in [0, 0.1) is 0 Å². The van der Waals surface area contributed by atoms with E-state index in [4.69, 9.17) is 32.0 Å². The average molecular weight is 1200 g/mol. The molecule has 0 aliphatic heterocycles. The van der Waals surface area contributed by atoms with Crippen molar-refractivity contribution in [1.82, 2.24) is 9.97 Å². The molecule has 2 atom stereocenters. The van der Waals surface area contributed by atoms with E-state index in [2.05, 4.69) is 97.8 Å². The highest BCUT2D eigenvalue weighted by Gasteiger charge is 2.46. The van der Waals surface area contributed by atoms with Gasteiger partial charge in [0.2, 0.25) is 8.32 Å². The molecule has 0 unspecified atom stereocenters. The standard InChI is InChI=1S/C27H41NO7SSi.C15H15NO6S.C13H30O4SSi/c1-10-36(30,31)26-12-11-23(16-28-26)35-25-14-22(27(29)32-9)13-24(15-25)34-21(8)17-33-37(18(2)3,19(4)5)20(6)7;1-3-23(19,20)14-5-4-12(9-16-14)22-13-7-10(15(18)21-2)6-11(17)8-13;1-10(2)19(11(3)4,12(5)6)16-9-13(7)17-18(8,14)15/h11-16,18-21H,10,17H2,1-9H3;4-9,17H,3H2,1-2H3;10-13H,9H2,1-8H3/t21-;;13-/m0.1/s1. The van der Waals surface area contributed by atoms with E-state index in [0.29, 0.717) is 63.7 Å². The first kappa shape index (κ1) is 70.1. The van der Waals surface area contributed by atoms with Crippen LogP contribution in [-0.4, -0.2) is 126 Å². The number of carbonyl (C=O) groups excluding carboxylic acids is 2. The number of hydrogen-bond acceptors (Lipinski definition) is 19. The van der Waals surface area contributed by atoms with Crippen molar-refractivity contribution in [3.63, 3.8) is 0 Å². The second kappa shape index (κ2) is 30.7. The average Bonchev–Trinajstić information content (AvgIpc) is 3.35. The van der Waals surface area contributed by atoms with E-state index in [1.54, 1.807) is 26.0 Å². The molecule has 0 aliphatic carbocycles. The molecule has 0 fully saturated rings. The highest BCUT2D eigenvalue weighted by atomic mass is 32.2. The number of hydrogen-bond donors (Lipinski definition) is 1. The van der Waals surface area contributed by atoms with Gasteiger partial charge < -0.3 is 37.6 Å². The van der Waals surface area contributed by atoms with Crippen LogP contribution in [0.25, 0.3) is 0 Å². The van der Waals surface area contributed by atoms with Crippen LogP contribution in [0.3, 0.4) is 0 Å². The summed E-state index contributed by atoms with van der Waals surface area (Å²) in [6, 6.07) is 14.4. The van der Waals surface area contributed by atoms with Gasteiger partial charge in [-0.25, -0.2) is 36.4 Å². The van der Waals surface area contributed by atoms with Gasteiger partial charge in [-0.1, -0.05) is 96.9 Å². The number of rotatable bonds is 26. The zero-order chi connectivity index (χ0) is 60.4. The monoisotopic (exact) mass is 1200 g/mol. The van der Waals surface area contributed by atoms with Crippen LogP contribution in [-0.2, 0) is 52.3 Å². The van der Waals surface area contributed by atoms with Gasteiger partial charge in [-0.2, -0.15) is 8.42 Å². The molecule has 2 aromatic carbocycles. The summed E-state index contributed by atoms with van der Waals surface area (Å²) >= 11 is 0. The Morgan fingerprint density at radius 2 is 0.861 bits per heavy atom. The fraction of sp³-hybridized carbons (Fsp3) is 0.564. The van der Waals surface area contributed by atoms with Crippen LogP contribution in [0.15, 0.2) is 83.1 Å². The van der Waals surface area contributed by atoms with E-state index < -0.39 is 64.5 Å². The number of esters is 2. The summed E-state index contributed by atoms with van der Waals surface area (Å²) < 4.78 is 114. The van der Waals surface area contributed by atoms with Crippen LogP contribution in [0.2, 0.25) is 33.2 Å². The highest BCUT2D eigenvalue weighted by molar-refractivity contribution is 7.91. The fourth-order valence-electron chi connectivity index (χ4n) is 9.72. The van der Waals surface area contributed by atoms with Gasteiger partial charge in [-0.15, -0.1) is 0 Å². The third-order valence-electron chi connectivity index (χ3n) is 13.1. The zero-order valence-corrected chi connectivity index (χ0v) is 53.9. The Morgan fingerprint density at radius 3 is 1.19 bits per heavy atom. The molecule has 444 valence electrons. The van der Waals surface area contributed by atoms with Crippen molar-refractivity contribution >= 4 is 58.4 Å². The molecule has 0 spiro atoms. The Bertz CT molecular complexity index is 2870. The molecule has 2 heterocycles. The van der Waals surface area contributed by atoms with E-state index >= 15 is 0 Å². The minimum absolute atomic E-state index is 0.0210. The summed E-state index contributed by atoms with van der Waals surface area (Å²) in [5.74, 6) is 0.129. The summed E-state index contributed by atoms with van der Waals surface area (Å²) in [6.45, 7) is 34.2. The predicted octanol–water partition coefficient (Wildman–Crippen LogP) is 12.1. The lowest BCUT2D eigenvalue weighted by Gasteiger charge is -2.42. The maximum absolute atomic E-state index is 12.3. The van der Waals surface area contributed by atoms with Crippen LogP contribution in [0.1, 0.15) is 131 Å². The zero-order valence-electron chi connectivity index (χ0n) is 49.5. The summed E-state index contributed by atoms with van der Waals surface area (Å²) in [4.78, 5) is 31.6. The van der Waals surface area contributed by atoms with Gasteiger partial charge in [0.05, 0.1) is 74.8 Å². The number of ether oxygens (including phenoxy) is 5. The molecule has 0 aliphatic rings. The lowest BCUT2D eigenvalue weighted by molar-refractivity contribution is 0.0591. The van der Waals surface area contributed by atoms with Crippen molar-refractivity contribution in [2.45, 2.75) is 166 Å². The summed E-state index contributed by atoms with van der Waals surface area (Å²) in [6.07, 6.45) is 2.95. The topological polar surface area (TPSA) is 256 Å². The molecule has 2 aromatic heterocycles. The minimum atomic E-state index is -3.42. The molecule has 0 bridgehead atoms. The number of aromatic nitrogens is 2. The lowest BCUT2D eigenvalue weighted by Crippen LogP contribution is -2.49. The Labute approximate surface area is 472 Å². The first-order valence-corrected chi connectivity index (χ1v) is 35.7. The van der Waals surface area contributed by atoms with Gasteiger partial charge in [0.1, 0.15) is 40.6 Å². The van der Waals surface area contributed by atoms with Crippen molar-refractivity contribution in [3.05, 3.63) is 84.2 Å². The van der Waals surface area contributed by atoms with Crippen LogP contribution < -0.4 is 14.2 Å². The number of sulfone groups is 2. The van der Waals surface area contributed by atoms with Crippen molar-refractivity contribution in [3.8, 4) is 34.5 Å². The molecule has 0 radical (unpaired) electrons. The second-order valence-corrected chi connectivity index (χ2v) is 37.8. The Balaban J connectivity index is 0.000000436. The third kappa shape index (κ3) is 20.5. The number of benzene rings is 2. The molecule has 0 saturated heterocycles. The van der Waals surface area contributed by atoms with Crippen LogP contribution in [0.5, 0.6) is 34.5 Å². The number of aromatic hydroxyl groups is 1. The molecule has 0 amide bonds. The van der Waals surface area contributed by atoms with Crippen molar-refractivity contribution in [1.29, 1.82) is 0 Å². The Hall–Kier alpha value is -4.96. The van der Waals surface area contributed by atoms with E-state index in [1.165, 1.54) is 82.1 Å². The lowest BCUT2D eigenvalue weighted by atomic mass is 10.2. The first-order chi connectivity index (χ1) is 36.5. The second-order valence-electron chi connectivity index (χ2n) is 20.9. The smallest absolute Gasteiger partial charge is 0.338 e. The normalized spacial score (nSPS) is 13.1. The van der Waals surface area contributed by atoms with Gasteiger partial charge in [0.25, 0.3) is 10.1 Å². The quantitative estimate of drug-likeness (QED) is 0.0348. The number of phenols is 1. The third-order valence-corrected chi connectivity index (χ3v) is 29.2. The first-order valence-electron chi connectivity index (χ1n) is 26.3. The van der Waals surface area contributed by atoms with Gasteiger partial charge in [-0.05, 0) is 95.6 Å². The van der Waals surface area contributed by atoms with Gasteiger partial charge >= 0.3 is 11.9 Å². The fourth-order valence-corrected chi connectivity index (χ4v) is 23.0. The molecule has 19 nitrogen and oxygen atoms in total. The maximum atomic E-state index is 12.3. The largest absolute Gasteiger partial charge is 0.508 e. The Kier molecular flexibility index (Phi) is 27.3. The summed E-state index contributed by atoms with van der Waals surface area (Å²) in [5.41, 5.74) is 3.20. The number of pyridine rings is 2. The molecule has 79 heavy (non-hydrogen) atoms. The number of phenolic OH excluding ortho intramolecular Hbond substituents is 1.